The number of amides is 2. The number of carbonyl (C=O) groups is 2. The number of hydrogen-bond acceptors (Lipinski definition) is 3. The van der Waals surface area contributed by atoms with Gasteiger partial charge >= 0.3 is 0 Å². The van der Waals surface area contributed by atoms with E-state index in [1.807, 2.05) is 37.3 Å². The van der Waals surface area contributed by atoms with Crippen LogP contribution in [0.1, 0.15) is 41.3 Å². The maximum absolute atomic E-state index is 12.7. The van der Waals surface area contributed by atoms with E-state index in [1.165, 1.54) is 5.56 Å². The van der Waals surface area contributed by atoms with E-state index < -0.39 is 6.04 Å². The topological polar surface area (TPSA) is 52.7 Å². The highest BCUT2D eigenvalue weighted by Crippen LogP contribution is 2.24. The molecular weight excluding hydrogens is 350 g/mol. The van der Waals surface area contributed by atoms with Gasteiger partial charge in [0.1, 0.15) is 6.04 Å². The second kappa shape index (κ2) is 8.15. The second-order valence-electron chi connectivity index (χ2n) is 7.81. The van der Waals surface area contributed by atoms with Crippen LogP contribution in [0.2, 0.25) is 0 Å². The van der Waals surface area contributed by atoms with E-state index in [0.29, 0.717) is 6.54 Å². The third-order valence-electron chi connectivity index (χ3n) is 5.88. The molecule has 2 amide bonds. The molecule has 28 heavy (non-hydrogen) atoms. The molecule has 4 rings (SSSR count). The number of likely N-dealkylation sites (tertiary alicyclic amines) is 1. The summed E-state index contributed by atoms with van der Waals surface area (Å²) in [5.41, 5.74) is 3.04. The molecule has 0 aromatic heterocycles. The number of carbonyl (C=O) groups excluding carboxylic acids is 2. The van der Waals surface area contributed by atoms with Crippen molar-refractivity contribution in [3.05, 3.63) is 71.3 Å². The Morgan fingerprint density at radius 2 is 1.75 bits per heavy atom. The third-order valence-corrected chi connectivity index (χ3v) is 5.88. The first-order valence-electron chi connectivity index (χ1n) is 10.1. The SMILES string of the molecule is CC(C(=O)NC1CCN(Cc2ccccc2)CC1)N1Cc2ccccc2C1=O. The van der Waals surface area contributed by atoms with E-state index in [1.54, 1.807) is 4.90 Å². The van der Waals surface area contributed by atoms with Crippen LogP contribution in [-0.4, -0.2) is 46.8 Å². The molecule has 0 saturated carbocycles. The van der Waals surface area contributed by atoms with E-state index in [0.717, 1.165) is 43.6 Å². The van der Waals surface area contributed by atoms with Crippen molar-refractivity contribution in [3.63, 3.8) is 0 Å². The smallest absolute Gasteiger partial charge is 0.255 e. The fourth-order valence-corrected chi connectivity index (χ4v) is 4.13. The van der Waals surface area contributed by atoms with Crippen LogP contribution in [-0.2, 0) is 17.9 Å². The summed E-state index contributed by atoms with van der Waals surface area (Å²) in [5, 5.41) is 3.17. The Kier molecular flexibility index (Phi) is 5.44. The fourth-order valence-electron chi connectivity index (χ4n) is 4.13. The minimum Gasteiger partial charge on any atom is -0.351 e. The van der Waals surface area contributed by atoms with E-state index >= 15 is 0 Å². The summed E-state index contributed by atoms with van der Waals surface area (Å²) >= 11 is 0. The summed E-state index contributed by atoms with van der Waals surface area (Å²) < 4.78 is 0. The Morgan fingerprint density at radius 3 is 2.46 bits per heavy atom. The minimum absolute atomic E-state index is 0.0454. The quantitative estimate of drug-likeness (QED) is 0.872. The van der Waals surface area contributed by atoms with E-state index in [4.69, 9.17) is 0 Å². The summed E-state index contributed by atoms with van der Waals surface area (Å²) in [5.74, 6) is -0.0985. The zero-order valence-corrected chi connectivity index (χ0v) is 16.3. The fraction of sp³-hybridized carbons (Fsp3) is 0.391. The van der Waals surface area contributed by atoms with E-state index in [9.17, 15) is 9.59 Å². The van der Waals surface area contributed by atoms with Crippen LogP contribution >= 0.6 is 0 Å². The molecule has 1 N–H and O–H groups in total. The largest absolute Gasteiger partial charge is 0.351 e. The predicted octanol–water partition coefficient (Wildman–Crippen LogP) is 2.81. The lowest BCUT2D eigenvalue weighted by Crippen LogP contribution is -2.51. The van der Waals surface area contributed by atoms with Gasteiger partial charge in [-0.25, -0.2) is 0 Å². The average molecular weight is 377 g/mol. The lowest BCUT2D eigenvalue weighted by atomic mass is 10.0. The summed E-state index contributed by atoms with van der Waals surface area (Å²) in [6.07, 6.45) is 1.89. The Morgan fingerprint density at radius 1 is 1.07 bits per heavy atom. The lowest BCUT2D eigenvalue weighted by Gasteiger charge is -2.33. The van der Waals surface area contributed by atoms with Gasteiger partial charge in [0, 0.05) is 37.8 Å². The molecule has 0 aliphatic carbocycles. The molecule has 5 heteroatoms. The molecule has 0 spiro atoms. The lowest BCUT2D eigenvalue weighted by molar-refractivity contribution is -0.126. The van der Waals surface area contributed by atoms with Gasteiger partial charge in [-0.2, -0.15) is 0 Å². The molecule has 2 aliphatic rings. The Labute approximate surface area is 166 Å². The van der Waals surface area contributed by atoms with Gasteiger partial charge in [0.2, 0.25) is 5.91 Å². The van der Waals surface area contributed by atoms with Crippen molar-refractivity contribution in [2.75, 3.05) is 13.1 Å². The highest BCUT2D eigenvalue weighted by Gasteiger charge is 2.34. The van der Waals surface area contributed by atoms with Crippen LogP contribution in [0.3, 0.4) is 0 Å². The molecule has 0 radical (unpaired) electrons. The van der Waals surface area contributed by atoms with E-state index in [-0.39, 0.29) is 17.9 Å². The maximum Gasteiger partial charge on any atom is 0.255 e. The first kappa shape index (κ1) is 18.7. The van der Waals surface area contributed by atoms with Gasteiger partial charge in [0.15, 0.2) is 0 Å². The Hall–Kier alpha value is -2.66. The molecule has 2 aromatic carbocycles. The molecule has 2 aromatic rings. The Bertz CT molecular complexity index is 844. The molecule has 2 heterocycles. The number of benzene rings is 2. The molecule has 1 fully saturated rings. The summed E-state index contributed by atoms with van der Waals surface area (Å²) in [7, 11) is 0. The standard InChI is InChI=1S/C23H27N3O2/c1-17(26-16-19-9-5-6-10-21(19)23(26)28)22(27)24-20-11-13-25(14-12-20)15-18-7-3-2-4-8-18/h2-10,17,20H,11-16H2,1H3,(H,24,27). The summed E-state index contributed by atoms with van der Waals surface area (Å²) in [6, 6.07) is 17.8. The number of rotatable bonds is 5. The second-order valence-corrected chi connectivity index (χ2v) is 7.81. The van der Waals surface area contributed by atoms with Gasteiger partial charge in [0.05, 0.1) is 0 Å². The van der Waals surface area contributed by atoms with Crippen LogP contribution in [0.4, 0.5) is 0 Å². The van der Waals surface area contributed by atoms with Crippen molar-refractivity contribution in [2.45, 2.75) is 44.9 Å². The molecule has 0 bridgehead atoms. The van der Waals surface area contributed by atoms with Gasteiger partial charge in [0.25, 0.3) is 5.91 Å². The molecule has 1 atom stereocenters. The molecule has 1 unspecified atom stereocenters. The van der Waals surface area contributed by atoms with Crippen LogP contribution in [0.5, 0.6) is 0 Å². The van der Waals surface area contributed by atoms with Crippen molar-refractivity contribution in [3.8, 4) is 0 Å². The number of hydrogen-bond donors (Lipinski definition) is 1. The highest BCUT2D eigenvalue weighted by atomic mass is 16.2. The van der Waals surface area contributed by atoms with Crippen LogP contribution < -0.4 is 5.32 Å². The zero-order chi connectivity index (χ0) is 19.5. The summed E-state index contributed by atoms with van der Waals surface area (Å²) in [6.45, 7) is 5.24. The van der Waals surface area contributed by atoms with Crippen molar-refractivity contribution in [1.82, 2.24) is 15.1 Å². The van der Waals surface area contributed by atoms with Crippen LogP contribution in [0.25, 0.3) is 0 Å². The number of fused-ring (bicyclic) bond motifs is 1. The van der Waals surface area contributed by atoms with Gasteiger partial charge in [-0.15, -0.1) is 0 Å². The monoisotopic (exact) mass is 377 g/mol. The van der Waals surface area contributed by atoms with E-state index in [2.05, 4.69) is 34.5 Å². The average Bonchev–Trinajstić information content (AvgIpc) is 3.06. The number of nitrogens with one attached hydrogen (secondary N) is 1. The zero-order valence-electron chi connectivity index (χ0n) is 16.3. The van der Waals surface area contributed by atoms with Crippen LogP contribution in [0.15, 0.2) is 54.6 Å². The van der Waals surface area contributed by atoms with Crippen molar-refractivity contribution in [1.29, 1.82) is 0 Å². The van der Waals surface area contributed by atoms with Gasteiger partial charge in [-0.1, -0.05) is 48.5 Å². The maximum atomic E-state index is 12.7. The molecule has 5 nitrogen and oxygen atoms in total. The first-order valence-corrected chi connectivity index (χ1v) is 10.1. The van der Waals surface area contributed by atoms with Crippen LogP contribution in [0, 0.1) is 0 Å². The Balaban J connectivity index is 1.27. The normalized spacial score (nSPS) is 18.8. The van der Waals surface area contributed by atoms with Crippen molar-refractivity contribution < 1.29 is 9.59 Å². The highest BCUT2D eigenvalue weighted by molar-refractivity contribution is 6.01. The van der Waals surface area contributed by atoms with Gasteiger partial charge < -0.3 is 10.2 Å². The van der Waals surface area contributed by atoms with Crippen molar-refractivity contribution >= 4 is 11.8 Å². The van der Waals surface area contributed by atoms with Crippen molar-refractivity contribution in [2.24, 2.45) is 0 Å². The molecular formula is C23H27N3O2. The van der Waals surface area contributed by atoms with Gasteiger partial charge in [-0.05, 0) is 37.0 Å². The minimum atomic E-state index is -0.456. The van der Waals surface area contributed by atoms with Gasteiger partial charge in [-0.3, -0.25) is 14.5 Å². The number of nitrogens with zero attached hydrogens (tertiary/aromatic N) is 2. The third kappa shape index (κ3) is 3.94. The number of piperidine rings is 1. The molecule has 1 saturated heterocycles. The summed E-state index contributed by atoms with van der Waals surface area (Å²) in [4.78, 5) is 29.4. The predicted molar refractivity (Wildman–Crippen MR) is 109 cm³/mol. The molecule has 2 aliphatic heterocycles. The molecule has 146 valence electrons. The first-order chi connectivity index (χ1) is 13.6.